The van der Waals surface area contributed by atoms with E-state index in [-0.39, 0.29) is 0 Å². The molecule has 2 unspecified atom stereocenters. The molecule has 0 aromatic carbocycles. The molecule has 1 aromatic rings. The Morgan fingerprint density at radius 2 is 2.10 bits per heavy atom. The molecule has 0 radical (unpaired) electrons. The lowest BCUT2D eigenvalue weighted by Gasteiger charge is -2.41. The molecule has 0 amide bonds. The van der Waals surface area contributed by atoms with E-state index in [1.807, 2.05) is 11.3 Å². The standard InChI is InChI=1S/C17H28N2S/c1-12-11-20-16(19-12)8-14-9-17(2,3)7-6-13(14)10-18-15-4-5-15/h11,13-15,18H,4-10H2,1-3H3. The first-order valence-electron chi connectivity index (χ1n) is 8.16. The van der Waals surface area contributed by atoms with Gasteiger partial charge in [0.25, 0.3) is 0 Å². The minimum atomic E-state index is 0.521. The van der Waals surface area contributed by atoms with Crippen molar-refractivity contribution in [3.63, 3.8) is 0 Å². The highest BCUT2D eigenvalue weighted by molar-refractivity contribution is 7.09. The molecule has 1 aromatic heterocycles. The fourth-order valence-electron chi connectivity index (χ4n) is 3.62. The Kier molecular flexibility index (Phi) is 4.19. The Bertz CT molecular complexity index is 446. The van der Waals surface area contributed by atoms with E-state index in [4.69, 9.17) is 4.98 Å². The van der Waals surface area contributed by atoms with Gasteiger partial charge in [-0.2, -0.15) is 0 Å². The lowest BCUT2D eigenvalue weighted by molar-refractivity contribution is 0.115. The van der Waals surface area contributed by atoms with Crippen molar-refractivity contribution in [3.8, 4) is 0 Å². The zero-order valence-electron chi connectivity index (χ0n) is 13.1. The summed E-state index contributed by atoms with van der Waals surface area (Å²) in [4.78, 5) is 4.69. The highest BCUT2D eigenvalue weighted by Crippen LogP contribution is 2.43. The van der Waals surface area contributed by atoms with Gasteiger partial charge >= 0.3 is 0 Å². The molecule has 20 heavy (non-hydrogen) atoms. The second kappa shape index (κ2) is 5.76. The summed E-state index contributed by atoms with van der Waals surface area (Å²) in [5.74, 6) is 1.67. The van der Waals surface area contributed by atoms with Gasteiger partial charge in [0, 0.05) is 23.5 Å². The Morgan fingerprint density at radius 1 is 1.30 bits per heavy atom. The zero-order valence-corrected chi connectivity index (χ0v) is 13.9. The van der Waals surface area contributed by atoms with E-state index in [0.29, 0.717) is 5.41 Å². The van der Waals surface area contributed by atoms with Crippen LogP contribution in [0.3, 0.4) is 0 Å². The summed E-state index contributed by atoms with van der Waals surface area (Å²) < 4.78 is 0. The summed E-state index contributed by atoms with van der Waals surface area (Å²) in [5.41, 5.74) is 1.71. The van der Waals surface area contributed by atoms with Gasteiger partial charge in [0.05, 0.1) is 5.01 Å². The fraction of sp³-hybridized carbons (Fsp3) is 0.824. The van der Waals surface area contributed by atoms with E-state index >= 15 is 0 Å². The van der Waals surface area contributed by atoms with Gasteiger partial charge in [0.1, 0.15) is 0 Å². The monoisotopic (exact) mass is 292 g/mol. The van der Waals surface area contributed by atoms with Gasteiger partial charge in [-0.1, -0.05) is 13.8 Å². The number of nitrogens with zero attached hydrogens (tertiary/aromatic N) is 1. The maximum Gasteiger partial charge on any atom is 0.0930 e. The van der Waals surface area contributed by atoms with Crippen molar-refractivity contribution in [2.75, 3.05) is 6.54 Å². The Labute approximate surface area is 127 Å². The van der Waals surface area contributed by atoms with Gasteiger partial charge in [-0.3, -0.25) is 0 Å². The maximum atomic E-state index is 4.69. The summed E-state index contributed by atoms with van der Waals surface area (Å²) in [6.45, 7) is 8.22. The van der Waals surface area contributed by atoms with Crippen LogP contribution in [-0.4, -0.2) is 17.6 Å². The SMILES string of the molecule is Cc1csc(CC2CC(C)(C)CCC2CNC2CC2)n1. The van der Waals surface area contributed by atoms with Crippen molar-refractivity contribution in [2.45, 2.75) is 65.3 Å². The molecule has 0 bridgehead atoms. The van der Waals surface area contributed by atoms with E-state index in [1.54, 1.807) is 0 Å². The molecule has 1 heterocycles. The number of nitrogens with one attached hydrogen (secondary N) is 1. The van der Waals surface area contributed by atoms with Crippen molar-refractivity contribution in [1.29, 1.82) is 0 Å². The Balaban J connectivity index is 1.63. The minimum absolute atomic E-state index is 0.521. The average Bonchev–Trinajstić information content (AvgIpc) is 3.11. The lowest BCUT2D eigenvalue weighted by Crippen LogP contribution is -2.37. The number of hydrogen-bond donors (Lipinski definition) is 1. The maximum absolute atomic E-state index is 4.69. The van der Waals surface area contributed by atoms with E-state index in [0.717, 1.165) is 17.9 Å². The summed E-state index contributed by atoms with van der Waals surface area (Å²) in [6, 6.07) is 0.840. The van der Waals surface area contributed by atoms with Gasteiger partial charge in [-0.05, 0) is 62.8 Å². The van der Waals surface area contributed by atoms with Crippen LogP contribution in [0.2, 0.25) is 0 Å². The van der Waals surface area contributed by atoms with E-state index in [1.165, 1.54) is 55.8 Å². The van der Waals surface area contributed by atoms with Crippen molar-refractivity contribution in [3.05, 3.63) is 16.1 Å². The van der Waals surface area contributed by atoms with Crippen LogP contribution < -0.4 is 5.32 Å². The molecule has 2 nitrogen and oxygen atoms in total. The van der Waals surface area contributed by atoms with Crippen molar-refractivity contribution in [2.24, 2.45) is 17.3 Å². The molecule has 2 fully saturated rings. The molecule has 2 aliphatic rings. The largest absolute Gasteiger partial charge is 0.314 e. The third kappa shape index (κ3) is 3.82. The van der Waals surface area contributed by atoms with E-state index in [9.17, 15) is 0 Å². The van der Waals surface area contributed by atoms with Crippen molar-refractivity contribution < 1.29 is 0 Å². The molecule has 3 rings (SSSR count). The minimum Gasteiger partial charge on any atom is -0.314 e. The Hall–Kier alpha value is -0.410. The first-order chi connectivity index (χ1) is 9.52. The molecule has 112 valence electrons. The quantitative estimate of drug-likeness (QED) is 0.880. The molecular formula is C17H28N2S. The highest BCUT2D eigenvalue weighted by Gasteiger charge is 2.35. The van der Waals surface area contributed by atoms with Crippen molar-refractivity contribution >= 4 is 11.3 Å². The van der Waals surface area contributed by atoms with Crippen LogP contribution in [0.5, 0.6) is 0 Å². The molecule has 0 saturated heterocycles. The van der Waals surface area contributed by atoms with Crippen LogP contribution in [0, 0.1) is 24.2 Å². The molecule has 3 heteroatoms. The van der Waals surface area contributed by atoms with Crippen LogP contribution in [0.4, 0.5) is 0 Å². The average molecular weight is 292 g/mol. The smallest absolute Gasteiger partial charge is 0.0930 e. The number of rotatable bonds is 5. The normalized spacial score (nSPS) is 29.6. The second-order valence-electron chi connectivity index (χ2n) is 7.70. The molecule has 0 aliphatic heterocycles. The van der Waals surface area contributed by atoms with Crippen LogP contribution in [0.1, 0.15) is 56.7 Å². The molecule has 1 N–H and O–H groups in total. The Morgan fingerprint density at radius 3 is 2.75 bits per heavy atom. The summed E-state index contributed by atoms with van der Waals surface area (Å²) >= 11 is 1.85. The van der Waals surface area contributed by atoms with Crippen molar-refractivity contribution in [1.82, 2.24) is 10.3 Å². The zero-order chi connectivity index (χ0) is 14.2. The number of thiazole rings is 1. The summed E-state index contributed by atoms with van der Waals surface area (Å²) in [7, 11) is 0. The first-order valence-corrected chi connectivity index (χ1v) is 9.04. The van der Waals surface area contributed by atoms with Gasteiger partial charge in [-0.15, -0.1) is 11.3 Å². The van der Waals surface area contributed by atoms with Crippen LogP contribution >= 0.6 is 11.3 Å². The first kappa shape index (κ1) is 14.5. The van der Waals surface area contributed by atoms with Gasteiger partial charge in [0.2, 0.25) is 0 Å². The summed E-state index contributed by atoms with van der Waals surface area (Å²) in [5, 5.41) is 7.30. The number of aryl methyl sites for hydroxylation is 1. The fourth-order valence-corrected chi connectivity index (χ4v) is 4.49. The number of hydrogen-bond acceptors (Lipinski definition) is 3. The van der Waals surface area contributed by atoms with Crippen LogP contribution in [0.25, 0.3) is 0 Å². The predicted octanol–water partition coefficient (Wildman–Crippen LogP) is 4.19. The number of aromatic nitrogens is 1. The predicted molar refractivity (Wildman–Crippen MR) is 86.2 cm³/mol. The summed E-state index contributed by atoms with van der Waals surface area (Å²) in [6.07, 6.45) is 8.13. The van der Waals surface area contributed by atoms with Gasteiger partial charge in [0.15, 0.2) is 0 Å². The third-order valence-electron chi connectivity index (χ3n) is 5.02. The van der Waals surface area contributed by atoms with Crippen LogP contribution in [0.15, 0.2) is 5.38 Å². The van der Waals surface area contributed by atoms with E-state index in [2.05, 4.69) is 31.5 Å². The molecule has 0 spiro atoms. The molecule has 2 aliphatic carbocycles. The molecule has 2 saturated carbocycles. The van der Waals surface area contributed by atoms with Gasteiger partial charge in [-0.25, -0.2) is 4.98 Å². The molecular weight excluding hydrogens is 264 g/mol. The topological polar surface area (TPSA) is 24.9 Å². The highest BCUT2D eigenvalue weighted by atomic mass is 32.1. The van der Waals surface area contributed by atoms with E-state index < -0.39 is 0 Å². The molecule has 2 atom stereocenters. The second-order valence-corrected chi connectivity index (χ2v) is 8.64. The lowest BCUT2D eigenvalue weighted by atomic mass is 9.66. The van der Waals surface area contributed by atoms with Gasteiger partial charge < -0.3 is 5.32 Å². The van der Waals surface area contributed by atoms with Crippen LogP contribution in [-0.2, 0) is 6.42 Å². The third-order valence-corrected chi connectivity index (χ3v) is 6.01.